The van der Waals surface area contributed by atoms with Crippen LogP contribution >= 0.6 is 11.6 Å². The van der Waals surface area contributed by atoms with Gasteiger partial charge in [0.05, 0.1) is 11.1 Å². The Balaban J connectivity index is 2.27. The van der Waals surface area contributed by atoms with Crippen molar-refractivity contribution in [3.8, 4) is 11.4 Å². The van der Waals surface area contributed by atoms with Gasteiger partial charge in [0.2, 0.25) is 0 Å². The van der Waals surface area contributed by atoms with Crippen molar-refractivity contribution in [3.63, 3.8) is 0 Å². The maximum atomic E-state index is 13.1. The Hall–Kier alpha value is -2.14. The molecule has 3 aromatic rings. The molecule has 0 aliphatic rings. The molecule has 21 heavy (non-hydrogen) atoms. The smallest absolute Gasteiger partial charge is 0.228 e. The summed E-state index contributed by atoms with van der Waals surface area (Å²) in [6, 6.07) is 12.1. The molecule has 0 aliphatic carbocycles. The molecule has 0 N–H and O–H groups in total. The Kier molecular flexibility index (Phi) is 3.29. The monoisotopic (exact) mass is 308 g/mol. The van der Waals surface area contributed by atoms with Gasteiger partial charge < -0.3 is 0 Å². The number of halogens is 4. The molecule has 0 aliphatic heterocycles. The zero-order chi connectivity index (χ0) is 15.0. The topological polar surface area (TPSA) is 25.8 Å². The number of benzene rings is 2. The van der Waals surface area contributed by atoms with Crippen molar-refractivity contribution in [2.24, 2.45) is 0 Å². The fourth-order valence-electron chi connectivity index (χ4n) is 2.08. The van der Waals surface area contributed by atoms with Gasteiger partial charge in [-0.25, -0.2) is 9.97 Å². The van der Waals surface area contributed by atoms with E-state index in [4.69, 9.17) is 11.6 Å². The van der Waals surface area contributed by atoms with Gasteiger partial charge in [-0.05, 0) is 18.2 Å². The van der Waals surface area contributed by atoms with Crippen LogP contribution in [0.5, 0.6) is 0 Å². The molecule has 0 spiro atoms. The lowest BCUT2D eigenvalue weighted by molar-refractivity contribution is -0.137. The van der Waals surface area contributed by atoms with Crippen LogP contribution < -0.4 is 0 Å². The number of fused-ring (bicyclic) bond motifs is 1. The van der Waals surface area contributed by atoms with E-state index < -0.39 is 11.7 Å². The highest BCUT2D eigenvalue weighted by Gasteiger charge is 2.34. The Bertz CT molecular complexity index is 815. The van der Waals surface area contributed by atoms with Gasteiger partial charge >= 0.3 is 6.18 Å². The number of hydrogen-bond donors (Lipinski definition) is 0. The van der Waals surface area contributed by atoms with E-state index in [1.165, 1.54) is 18.2 Å². The van der Waals surface area contributed by atoms with E-state index in [0.29, 0.717) is 10.9 Å². The molecule has 1 aromatic heterocycles. The number of aromatic nitrogens is 2. The van der Waals surface area contributed by atoms with Crippen molar-refractivity contribution < 1.29 is 13.2 Å². The van der Waals surface area contributed by atoms with E-state index in [9.17, 15) is 13.2 Å². The Morgan fingerprint density at radius 1 is 0.857 bits per heavy atom. The molecule has 0 radical (unpaired) electrons. The summed E-state index contributed by atoms with van der Waals surface area (Å²) < 4.78 is 39.2. The predicted molar refractivity (Wildman–Crippen MR) is 75.0 cm³/mol. The molecule has 0 unspecified atom stereocenters. The van der Waals surface area contributed by atoms with Crippen LogP contribution in [0, 0.1) is 0 Å². The number of para-hydroxylation sites is 1. The van der Waals surface area contributed by atoms with Crippen LogP contribution in [0.3, 0.4) is 0 Å². The molecule has 0 amide bonds. The fourth-order valence-corrected chi connectivity index (χ4v) is 2.32. The van der Waals surface area contributed by atoms with Crippen molar-refractivity contribution >= 4 is 22.5 Å². The van der Waals surface area contributed by atoms with Gasteiger partial charge in [-0.2, -0.15) is 13.2 Å². The fraction of sp³-hybridized carbons (Fsp3) is 0.0667. The van der Waals surface area contributed by atoms with Crippen molar-refractivity contribution in [1.82, 2.24) is 9.97 Å². The quantitative estimate of drug-likeness (QED) is 0.593. The minimum atomic E-state index is -4.47. The summed E-state index contributed by atoms with van der Waals surface area (Å²) in [6.45, 7) is 0. The summed E-state index contributed by atoms with van der Waals surface area (Å²) in [5, 5.41) is 0.736. The van der Waals surface area contributed by atoms with Crippen LogP contribution in [-0.2, 0) is 6.18 Å². The first-order chi connectivity index (χ1) is 9.97. The van der Waals surface area contributed by atoms with Crippen molar-refractivity contribution in [2.75, 3.05) is 0 Å². The zero-order valence-electron chi connectivity index (χ0n) is 10.5. The Morgan fingerprint density at radius 3 is 2.29 bits per heavy atom. The average molecular weight is 309 g/mol. The Labute approximate surface area is 123 Å². The number of hydrogen-bond acceptors (Lipinski definition) is 2. The van der Waals surface area contributed by atoms with Gasteiger partial charge in [0.1, 0.15) is 5.15 Å². The largest absolute Gasteiger partial charge is 0.417 e. The highest BCUT2D eigenvalue weighted by atomic mass is 35.5. The maximum Gasteiger partial charge on any atom is 0.417 e. The number of rotatable bonds is 1. The van der Waals surface area contributed by atoms with Crippen LogP contribution in [0.15, 0.2) is 48.5 Å². The molecule has 0 saturated carbocycles. The summed E-state index contributed by atoms with van der Waals surface area (Å²) in [5.74, 6) is -0.0355. The molecule has 2 aromatic carbocycles. The maximum absolute atomic E-state index is 13.1. The lowest BCUT2D eigenvalue weighted by Crippen LogP contribution is -2.08. The summed E-state index contributed by atoms with van der Waals surface area (Å²) >= 11 is 6.05. The van der Waals surface area contributed by atoms with Crippen LogP contribution in [-0.4, -0.2) is 9.97 Å². The third-order valence-electron chi connectivity index (χ3n) is 3.03. The predicted octanol–water partition coefficient (Wildman–Crippen LogP) is 4.97. The molecule has 6 heteroatoms. The first kappa shape index (κ1) is 13.8. The highest BCUT2D eigenvalue weighted by Crippen LogP contribution is 2.36. The third kappa shape index (κ3) is 2.56. The SMILES string of the molecule is FC(F)(F)c1ccccc1-c1nc(Cl)c2ccccc2n1. The normalized spacial score (nSPS) is 11.8. The molecule has 3 rings (SSSR count). The van der Waals surface area contributed by atoms with E-state index in [0.717, 1.165) is 6.07 Å². The third-order valence-corrected chi connectivity index (χ3v) is 3.32. The second kappa shape index (κ2) is 5.00. The van der Waals surface area contributed by atoms with E-state index >= 15 is 0 Å². The summed E-state index contributed by atoms with van der Waals surface area (Å²) in [7, 11) is 0. The van der Waals surface area contributed by atoms with Crippen molar-refractivity contribution in [1.29, 1.82) is 0 Å². The van der Waals surface area contributed by atoms with Gasteiger partial charge in [-0.15, -0.1) is 0 Å². The minimum absolute atomic E-state index is 0.0355. The van der Waals surface area contributed by atoms with Crippen LogP contribution in [0.2, 0.25) is 5.15 Å². The van der Waals surface area contributed by atoms with Crippen LogP contribution in [0.4, 0.5) is 13.2 Å². The molecule has 2 nitrogen and oxygen atoms in total. The van der Waals surface area contributed by atoms with E-state index in [1.807, 2.05) is 0 Å². The minimum Gasteiger partial charge on any atom is -0.228 e. The van der Waals surface area contributed by atoms with Gasteiger partial charge in [0, 0.05) is 10.9 Å². The number of alkyl halides is 3. The highest BCUT2D eigenvalue weighted by molar-refractivity contribution is 6.34. The second-order valence-electron chi connectivity index (χ2n) is 4.40. The van der Waals surface area contributed by atoms with Gasteiger partial charge in [0.15, 0.2) is 5.82 Å². The molecule has 0 atom stereocenters. The summed E-state index contributed by atoms with van der Waals surface area (Å²) in [4.78, 5) is 8.18. The molecule has 0 bridgehead atoms. The average Bonchev–Trinajstić information content (AvgIpc) is 2.46. The lowest BCUT2D eigenvalue weighted by Gasteiger charge is -2.12. The van der Waals surface area contributed by atoms with Gasteiger partial charge in [0.25, 0.3) is 0 Å². The molecule has 106 valence electrons. The molecular formula is C15H8ClF3N2. The lowest BCUT2D eigenvalue weighted by atomic mass is 10.1. The van der Waals surface area contributed by atoms with Crippen molar-refractivity contribution in [3.05, 3.63) is 59.2 Å². The zero-order valence-corrected chi connectivity index (χ0v) is 11.3. The first-order valence-electron chi connectivity index (χ1n) is 6.06. The van der Waals surface area contributed by atoms with E-state index in [1.54, 1.807) is 24.3 Å². The summed E-state index contributed by atoms with van der Waals surface area (Å²) in [6.07, 6.45) is -4.47. The molecule has 0 fully saturated rings. The van der Waals surface area contributed by atoms with Crippen LogP contribution in [0.25, 0.3) is 22.3 Å². The molecule has 0 saturated heterocycles. The van der Waals surface area contributed by atoms with Crippen LogP contribution in [0.1, 0.15) is 5.56 Å². The standard InChI is InChI=1S/C15H8ClF3N2/c16-13-10-6-2-4-8-12(10)20-14(21-13)9-5-1-3-7-11(9)15(17,18)19/h1-8H. The van der Waals surface area contributed by atoms with Crippen molar-refractivity contribution in [2.45, 2.75) is 6.18 Å². The van der Waals surface area contributed by atoms with E-state index in [-0.39, 0.29) is 16.5 Å². The molecular weight excluding hydrogens is 301 g/mol. The summed E-state index contributed by atoms with van der Waals surface area (Å²) in [5.41, 5.74) is -0.363. The molecule has 1 heterocycles. The van der Waals surface area contributed by atoms with Gasteiger partial charge in [-0.1, -0.05) is 41.9 Å². The second-order valence-corrected chi connectivity index (χ2v) is 4.76. The van der Waals surface area contributed by atoms with Gasteiger partial charge in [-0.3, -0.25) is 0 Å². The number of nitrogens with zero attached hydrogens (tertiary/aromatic N) is 2. The first-order valence-corrected chi connectivity index (χ1v) is 6.43. The van der Waals surface area contributed by atoms with E-state index in [2.05, 4.69) is 9.97 Å². The Morgan fingerprint density at radius 2 is 1.52 bits per heavy atom.